The molecule has 1 atom stereocenters. The van der Waals surface area contributed by atoms with E-state index in [2.05, 4.69) is 31.2 Å². The van der Waals surface area contributed by atoms with Crippen molar-refractivity contribution < 1.29 is 15.0 Å². The van der Waals surface area contributed by atoms with Crippen molar-refractivity contribution in [3.63, 3.8) is 0 Å². The third-order valence-electron chi connectivity index (χ3n) is 6.42. The Morgan fingerprint density at radius 2 is 1.12 bits per heavy atom. The Kier molecular flexibility index (Phi) is 26.3. The maximum absolute atomic E-state index is 10.4. The molecule has 0 rings (SSSR count). The summed E-state index contributed by atoms with van der Waals surface area (Å²) in [6, 6.07) is 0. The summed E-state index contributed by atoms with van der Waals surface area (Å²) in [5, 5.41) is 18.7. The van der Waals surface area contributed by atoms with Gasteiger partial charge in [0.25, 0.3) is 0 Å². The molecule has 0 fully saturated rings. The molecule has 0 bridgehead atoms. The van der Waals surface area contributed by atoms with Crippen molar-refractivity contribution in [3.05, 3.63) is 24.3 Å². The zero-order chi connectivity index (χ0) is 24.2. The minimum atomic E-state index is -0.666. The van der Waals surface area contributed by atoms with Gasteiger partial charge in [0.1, 0.15) is 0 Å². The van der Waals surface area contributed by atoms with Crippen LogP contribution >= 0.6 is 0 Å². The summed E-state index contributed by atoms with van der Waals surface area (Å²) in [7, 11) is 0. The van der Waals surface area contributed by atoms with Crippen molar-refractivity contribution in [1.82, 2.24) is 0 Å². The number of carboxylic acids is 1. The van der Waals surface area contributed by atoms with Crippen LogP contribution in [0.4, 0.5) is 0 Å². The molecule has 0 aromatic rings. The zero-order valence-electron chi connectivity index (χ0n) is 22.0. The fourth-order valence-electron chi connectivity index (χ4n) is 4.23. The normalized spacial score (nSPS) is 12.8. The predicted molar refractivity (Wildman–Crippen MR) is 144 cm³/mol. The lowest BCUT2D eigenvalue weighted by Gasteiger charge is -2.07. The van der Waals surface area contributed by atoms with Gasteiger partial charge in [-0.3, -0.25) is 4.79 Å². The molecule has 3 nitrogen and oxygen atoms in total. The molecule has 0 saturated carbocycles. The van der Waals surface area contributed by atoms with E-state index in [-0.39, 0.29) is 6.10 Å². The monoisotopic (exact) mass is 464 g/mol. The summed E-state index contributed by atoms with van der Waals surface area (Å²) in [6.07, 6.45) is 35.8. The average molecular weight is 465 g/mol. The molecule has 0 aromatic heterocycles. The fraction of sp³-hybridized carbons (Fsp3) is 0.833. The van der Waals surface area contributed by atoms with Crippen LogP contribution in [0, 0.1) is 0 Å². The van der Waals surface area contributed by atoms with Gasteiger partial charge in [0.2, 0.25) is 0 Å². The summed E-state index contributed by atoms with van der Waals surface area (Å²) in [4.78, 5) is 10.4. The molecule has 0 aliphatic rings. The van der Waals surface area contributed by atoms with E-state index < -0.39 is 5.97 Å². The lowest BCUT2D eigenvalue weighted by molar-refractivity contribution is -0.137. The molecule has 0 radical (unpaired) electrons. The number of aliphatic hydroxyl groups is 1. The number of hydrogen-bond donors (Lipinski definition) is 2. The van der Waals surface area contributed by atoms with Gasteiger partial charge in [-0.05, 0) is 38.5 Å². The van der Waals surface area contributed by atoms with Crippen LogP contribution in [0.25, 0.3) is 0 Å². The quantitative estimate of drug-likeness (QED) is 0.0989. The highest BCUT2D eigenvalue weighted by Gasteiger charge is 2.01. The van der Waals surface area contributed by atoms with Gasteiger partial charge in [0, 0.05) is 6.42 Å². The second kappa shape index (κ2) is 27.2. The van der Waals surface area contributed by atoms with Gasteiger partial charge in [-0.1, -0.05) is 134 Å². The second-order valence-electron chi connectivity index (χ2n) is 9.80. The van der Waals surface area contributed by atoms with Crippen molar-refractivity contribution in [2.75, 3.05) is 0 Å². The predicted octanol–water partition coefficient (Wildman–Crippen LogP) is 9.54. The Balaban J connectivity index is 3.27. The first-order valence-electron chi connectivity index (χ1n) is 14.4. The van der Waals surface area contributed by atoms with Gasteiger partial charge in [0.15, 0.2) is 0 Å². The van der Waals surface area contributed by atoms with E-state index in [0.717, 1.165) is 38.5 Å². The molecule has 0 heterocycles. The number of carbonyl (C=O) groups is 1. The average Bonchev–Trinajstić information content (AvgIpc) is 2.79. The van der Waals surface area contributed by atoms with Crippen LogP contribution in [-0.4, -0.2) is 22.3 Å². The molecule has 0 saturated heterocycles. The van der Waals surface area contributed by atoms with Gasteiger partial charge in [-0.15, -0.1) is 0 Å². The van der Waals surface area contributed by atoms with Crippen molar-refractivity contribution in [2.24, 2.45) is 0 Å². The van der Waals surface area contributed by atoms with Crippen LogP contribution in [0.15, 0.2) is 24.3 Å². The third kappa shape index (κ3) is 28.9. The molecule has 2 N–H and O–H groups in total. The Morgan fingerprint density at radius 1 is 0.636 bits per heavy atom. The minimum Gasteiger partial charge on any atom is -0.481 e. The molecule has 3 heteroatoms. The van der Waals surface area contributed by atoms with Crippen LogP contribution in [0.2, 0.25) is 0 Å². The Bertz CT molecular complexity index is 455. The Morgan fingerprint density at radius 3 is 1.70 bits per heavy atom. The van der Waals surface area contributed by atoms with E-state index in [1.807, 2.05) is 0 Å². The van der Waals surface area contributed by atoms with Gasteiger partial charge in [-0.25, -0.2) is 0 Å². The number of carboxylic acid groups (broad SMARTS) is 1. The van der Waals surface area contributed by atoms with Gasteiger partial charge >= 0.3 is 5.97 Å². The summed E-state index contributed by atoms with van der Waals surface area (Å²) < 4.78 is 0. The van der Waals surface area contributed by atoms with E-state index in [1.165, 1.54) is 103 Å². The topological polar surface area (TPSA) is 57.5 Å². The van der Waals surface area contributed by atoms with Gasteiger partial charge in [-0.2, -0.15) is 0 Å². The number of unbranched alkanes of at least 4 members (excludes halogenated alkanes) is 17. The van der Waals surface area contributed by atoms with Gasteiger partial charge < -0.3 is 10.2 Å². The molecule has 0 amide bonds. The van der Waals surface area contributed by atoms with Crippen molar-refractivity contribution in [2.45, 2.75) is 161 Å². The van der Waals surface area contributed by atoms with E-state index in [4.69, 9.17) is 5.11 Å². The number of rotatable bonds is 26. The highest BCUT2D eigenvalue weighted by molar-refractivity contribution is 5.66. The van der Waals surface area contributed by atoms with Crippen LogP contribution in [0.1, 0.15) is 155 Å². The molecule has 33 heavy (non-hydrogen) atoms. The van der Waals surface area contributed by atoms with Crippen LogP contribution < -0.4 is 0 Å². The summed E-state index contributed by atoms with van der Waals surface area (Å²) >= 11 is 0. The molecular formula is C30H56O3. The Hall–Kier alpha value is -1.09. The number of hydrogen-bond acceptors (Lipinski definition) is 2. The number of aliphatic carboxylic acids is 1. The molecule has 0 aromatic carbocycles. The lowest BCUT2D eigenvalue weighted by Crippen LogP contribution is -2.04. The second-order valence-corrected chi connectivity index (χ2v) is 9.80. The Labute approximate surface area is 206 Å². The molecule has 0 spiro atoms. The lowest BCUT2D eigenvalue weighted by atomic mass is 10.0. The molecule has 0 aliphatic heterocycles. The van der Waals surface area contributed by atoms with Crippen molar-refractivity contribution >= 4 is 5.97 Å². The smallest absolute Gasteiger partial charge is 0.303 e. The first kappa shape index (κ1) is 31.9. The van der Waals surface area contributed by atoms with Crippen molar-refractivity contribution in [1.29, 1.82) is 0 Å². The van der Waals surface area contributed by atoms with E-state index in [1.54, 1.807) is 0 Å². The molecule has 194 valence electrons. The van der Waals surface area contributed by atoms with E-state index in [9.17, 15) is 9.90 Å². The fourth-order valence-corrected chi connectivity index (χ4v) is 4.23. The maximum Gasteiger partial charge on any atom is 0.303 e. The SMILES string of the molecule is CCCCCCCC=CCC=CCC(O)CCCCCCCCCCCCCCCC(=O)O. The molecule has 1 unspecified atom stereocenters. The third-order valence-corrected chi connectivity index (χ3v) is 6.42. The summed E-state index contributed by atoms with van der Waals surface area (Å²) in [5.74, 6) is -0.666. The standard InChI is InChI=1S/C30H56O3/c1-2-3-4-5-6-7-11-14-17-20-23-26-29(31)27-24-21-18-15-12-9-8-10-13-16-19-22-25-28-30(32)33/h11,14,20,23,29,31H,2-10,12-13,15-19,21-22,24-28H2,1H3,(H,32,33). The molecular weight excluding hydrogens is 408 g/mol. The zero-order valence-corrected chi connectivity index (χ0v) is 22.0. The van der Waals surface area contributed by atoms with E-state index >= 15 is 0 Å². The van der Waals surface area contributed by atoms with Gasteiger partial charge in [0.05, 0.1) is 6.10 Å². The van der Waals surface area contributed by atoms with E-state index in [0.29, 0.717) is 6.42 Å². The highest BCUT2D eigenvalue weighted by atomic mass is 16.4. The highest BCUT2D eigenvalue weighted by Crippen LogP contribution is 2.14. The van der Waals surface area contributed by atoms with Crippen molar-refractivity contribution in [3.8, 4) is 0 Å². The first-order valence-corrected chi connectivity index (χ1v) is 14.4. The van der Waals surface area contributed by atoms with Crippen LogP contribution in [-0.2, 0) is 4.79 Å². The maximum atomic E-state index is 10.4. The van der Waals surface area contributed by atoms with Crippen LogP contribution in [0.5, 0.6) is 0 Å². The largest absolute Gasteiger partial charge is 0.481 e. The minimum absolute atomic E-state index is 0.173. The summed E-state index contributed by atoms with van der Waals surface area (Å²) in [6.45, 7) is 2.26. The van der Waals surface area contributed by atoms with Crippen LogP contribution in [0.3, 0.4) is 0 Å². The molecule has 0 aliphatic carbocycles. The number of aliphatic hydroxyl groups excluding tert-OH is 1. The first-order chi connectivity index (χ1) is 16.2. The number of allylic oxidation sites excluding steroid dienone is 3. The summed E-state index contributed by atoms with van der Waals surface area (Å²) in [5.41, 5.74) is 0.